The van der Waals surface area contributed by atoms with Gasteiger partial charge in [0.05, 0.1) is 22.8 Å². The third-order valence-corrected chi connectivity index (χ3v) is 7.69. The molecule has 0 radical (unpaired) electrons. The Morgan fingerprint density at radius 3 is 2.27 bits per heavy atom. The van der Waals surface area contributed by atoms with Crippen LogP contribution in [0, 0.1) is 24.1 Å². The van der Waals surface area contributed by atoms with E-state index in [0.29, 0.717) is 22.3 Å². The number of hydrogen-bond donors (Lipinski definition) is 0. The van der Waals surface area contributed by atoms with Crippen LogP contribution in [0.4, 0.5) is 4.39 Å². The number of pyridine rings is 1. The van der Waals surface area contributed by atoms with E-state index in [0.717, 1.165) is 49.8 Å². The molecule has 0 aliphatic heterocycles. The second-order valence-corrected chi connectivity index (χ2v) is 11.4. The first-order valence-corrected chi connectivity index (χ1v) is 13.4. The Morgan fingerprint density at radius 2 is 1.55 bits per heavy atom. The Labute approximate surface area is 233 Å². The summed E-state index contributed by atoms with van der Waals surface area (Å²) in [7, 11) is 1.94. The van der Waals surface area contributed by atoms with Gasteiger partial charge in [0.2, 0.25) is 5.69 Å². The maximum absolute atomic E-state index is 15.4. The number of fused-ring (bicyclic) bond motifs is 3. The van der Waals surface area contributed by atoms with Gasteiger partial charge in [0.15, 0.2) is 6.20 Å². The molecule has 0 spiro atoms. The predicted octanol–water partition coefficient (Wildman–Crippen LogP) is 9.03. The molecule has 6 aromatic rings. The Hall–Kier alpha value is -4.75. The molecule has 0 aliphatic rings. The normalized spacial score (nSPS) is 11.7. The molecule has 0 saturated carbocycles. The second kappa shape index (κ2) is 9.47. The van der Waals surface area contributed by atoms with Crippen LogP contribution < -0.4 is 4.57 Å². The first-order chi connectivity index (χ1) is 19.2. The number of rotatable bonds is 3. The molecule has 196 valence electrons. The van der Waals surface area contributed by atoms with Gasteiger partial charge in [0.25, 0.3) is 0 Å². The smallest absolute Gasteiger partial charge is 0.219 e. The SMILES string of the molecule is Cc1ccc2c(oc3c(-c4cccc(-c5ccccc5)c4)ccc(C#N)c32)c1-c1cc(F)c(C(C)(C)C)c[n+]1C. The van der Waals surface area contributed by atoms with Crippen LogP contribution in [0.25, 0.3) is 55.4 Å². The van der Waals surface area contributed by atoms with Gasteiger partial charge in [-0.2, -0.15) is 5.26 Å². The average Bonchev–Trinajstić information content (AvgIpc) is 3.33. The summed E-state index contributed by atoms with van der Waals surface area (Å²) in [6, 6.07) is 30.4. The largest absolute Gasteiger partial charge is 0.454 e. The van der Waals surface area contributed by atoms with E-state index in [2.05, 4.69) is 36.4 Å². The van der Waals surface area contributed by atoms with Crippen LogP contribution >= 0.6 is 0 Å². The molecular weight excluding hydrogens is 495 g/mol. The lowest BCUT2D eigenvalue weighted by Crippen LogP contribution is -2.34. The summed E-state index contributed by atoms with van der Waals surface area (Å²) >= 11 is 0. The van der Waals surface area contributed by atoms with Gasteiger partial charge in [-0.25, -0.2) is 8.96 Å². The molecule has 0 bridgehead atoms. The van der Waals surface area contributed by atoms with Gasteiger partial charge in [-0.15, -0.1) is 0 Å². The molecule has 0 N–H and O–H groups in total. The summed E-state index contributed by atoms with van der Waals surface area (Å²) in [6.07, 6.45) is 1.87. The van der Waals surface area contributed by atoms with Crippen molar-refractivity contribution < 1.29 is 13.4 Å². The summed E-state index contributed by atoms with van der Waals surface area (Å²) in [6.45, 7) is 8.03. The first-order valence-electron chi connectivity index (χ1n) is 13.4. The molecule has 0 saturated heterocycles. The van der Waals surface area contributed by atoms with Gasteiger partial charge in [-0.05, 0) is 52.8 Å². The zero-order valence-electron chi connectivity index (χ0n) is 23.3. The van der Waals surface area contributed by atoms with Crippen LogP contribution in [0.15, 0.2) is 95.5 Å². The lowest BCUT2D eigenvalue weighted by atomic mass is 9.87. The van der Waals surface area contributed by atoms with Gasteiger partial charge >= 0.3 is 0 Å². The van der Waals surface area contributed by atoms with Crippen LogP contribution in [-0.4, -0.2) is 0 Å². The zero-order valence-corrected chi connectivity index (χ0v) is 23.3. The number of benzene rings is 4. The lowest BCUT2D eigenvalue weighted by Gasteiger charge is -2.18. The molecule has 0 amide bonds. The van der Waals surface area contributed by atoms with Crippen molar-refractivity contribution in [1.29, 1.82) is 5.26 Å². The molecule has 4 aromatic carbocycles. The van der Waals surface area contributed by atoms with Crippen molar-refractivity contribution in [3.05, 3.63) is 114 Å². The highest BCUT2D eigenvalue weighted by Gasteiger charge is 2.28. The fourth-order valence-electron chi connectivity index (χ4n) is 5.60. The minimum absolute atomic E-state index is 0.246. The van der Waals surface area contributed by atoms with E-state index >= 15 is 4.39 Å². The zero-order chi connectivity index (χ0) is 28.2. The average molecular weight is 526 g/mol. The van der Waals surface area contributed by atoms with Crippen molar-refractivity contribution in [3.63, 3.8) is 0 Å². The summed E-state index contributed by atoms with van der Waals surface area (Å²) in [5.41, 5.74) is 8.83. The lowest BCUT2D eigenvalue weighted by molar-refractivity contribution is -0.661. The number of aromatic nitrogens is 1. The molecule has 0 fully saturated rings. The van der Waals surface area contributed by atoms with Crippen LogP contribution in [-0.2, 0) is 12.5 Å². The Kier molecular flexibility index (Phi) is 6.04. The van der Waals surface area contributed by atoms with Crippen molar-refractivity contribution in [1.82, 2.24) is 0 Å². The van der Waals surface area contributed by atoms with Gasteiger partial charge in [-0.1, -0.05) is 81.4 Å². The highest BCUT2D eigenvalue weighted by atomic mass is 19.1. The molecule has 40 heavy (non-hydrogen) atoms. The van der Waals surface area contributed by atoms with E-state index < -0.39 is 0 Å². The number of halogens is 1. The molecule has 6 rings (SSSR count). The number of nitriles is 1. The maximum Gasteiger partial charge on any atom is 0.219 e. The molecular formula is C36H30FN2O+. The molecule has 4 heteroatoms. The van der Waals surface area contributed by atoms with Gasteiger partial charge < -0.3 is 4.42 Å². The molecule has 0 aliphatic carbocycles. The minimum Gasteiger partial charge on any atom is -0.454 e. The quantitative estimate of drug-likeness (QED) is 0.216. The molecule has 2 heterocycles. The van der Waals surface area contributed by atoms with E-state index in [-0.39, 0.29) is 11.2 Å². The second-order valence-electron chi connectivity index (χ2n) is 11.4. The van der Waals surface area contributed by atoms with Gasteiger partial charge in [0.1, 0.15) is 24.0 Å². The van der Waals surface area contributed by atoms with Crippen LogP contribution in [0.2, 0.25) is 0 Å². The Morgan fingerprint density at radius 1 is 0.825 bits per heavy atom. The van der Waals surface area contributed by atoms with E-state index in [4.69, 9.17) is 4.42 Å². The van der Waals surface area contributed by atoms with E-state index in [1.165, 1.54) is 0 Å². The van der Waals surface area contributed by atoms with E-state index in [9.17, 15) is 5.26 Å². The first kappa shape index (κ1) is 25.5. The van der Waals surface area contributed by atoms with Crippen LogP contribution in [0.1, 0.15) is 37.5 Å². The monoisotopic (exact) mass is 525 g/mol. The summed E-state index contributed by atoms with van der Waals surface area (Å²) in [5.74, 6) is -0.246. The van der Waals surface area contributed by atoms with Crippen LogP contribution in [0.5, 0.6) is 0 Å². The van der Waals surface area contributed by atoms with E-state index in [1.807, 2.05) is 94.0 Å². The fourth-order valence-corrected chi connectivity index (χ4v) is 5.60. The number of aryl methyl sites for hydroxylation is 2. The number of nitrogens with zero attached hydrogens (tertiary/aromatic N) is 2. The summed E-state index contributed by atoms with van der Waals surface area (Å²) in [4.78, 5) is 0. The van der Waals surface area contributed by atoms with Crippen molar-refractivity contribution in [2.75, 3.05) is 0 Å². The predicted molar refractivity (Wildman–Crippen MR) is 159 cm³/mol. The molecule has 0 atom stereocenters. The standard InChI is InChI=1S/C36H30FN2O/c1-22-14-16-28-33-26(20-38)15-17-27(25-13-9-12-24(18-25)23-10-7-6-8-11-23)34(33)40-35(28)32(22)31-19-30(37)29(21-39(31)5)36(2,3)4/h6-19,21H,1-5H3/q+1. The van der Waals surface area contributed by atoms with Crippen molar-refractivity contribution in [3.8, 4) is 39.6 Å². The van der Waals surface area contributed by atoms with Crippen molar-refractivity contribution in [2.45, 2.75) is 33.1 Å². The minimum atomic E-state index is -0.328. The van der Waals surface area contributed by atoms with Gasteiger partial charge in [-0.3, -0.25) is 0 Å². The highest BCUT2D eigenvalue weighted by Crippen LogP contribution is 2.42. The van der Waals surface area contributed by atoms with E-state index in [1.54, 1.807) is 6.07 Å². The third kappa shape index (κ3) is 4.15. The Bertz CT molecular complexity index is 1970. The number of hydrogen-bond acceptors (Lipinski definition) is 2. The molecule has 0 unspecified atom stereocenters. The van der Waals surface area contributed by atoms with Gasteiger partial charge in [0, 0.05) is 22.4 Å². The van der Waals surface area contributed by atoms with Crippen molar-refractivity contribution in [2.24, 2.45) is 7.05 Å². The molecule has 2 aromatic heterocycles. The van der Waals surface area contributed by atoms with Crippen LogP contribution in [0.3, 0.4) is 0 Å². The Balaban J connectivity index is 1.63. The summed E-state index contributed by atoms with van der Waals surface area (Å²) in [5, 5.41) is 11.7. The highest BCUT2D eigenvalue weighted by molar-refractivity contribution is 6.15. The summed E-state index contributed by atoms with van der Waals surface area (Å²) < 4.78 is 24.1. The van der Waals surface area contributed by atoms with Crippen molar-refractivity contribution >= 4 is 21.9 Å². The number of furan rings is 1. The maximum atomic E-state index is 15.4. The fraction of sp³-hybridized carbons (Fsp3) is 0.167. The third-order valence-electron chi connectivity index (χ3n) is 7.69. The topological polar surface area (TPSA) is 40.8 Å². The molecule has 3 nitrogen and oxygen atoms in total.